The molecule has 124 valence electrons. The highest BCUT2D eigenvalue weighted by atomic mass is 16.7. The minimum Gasteiger partial charge on any atom is -0.454 e. The van der Waals surface area contributed by atoms with Crippen molar-refractivity contribution < 1.29 is 19.1 Å². The van der Waals surface area contributed by atoms with Gasteiger partial charge in [0.2, 0.25) is 18.6 Å². The minimum absolute atomic E-state index is 0.0405. The standard InChI is InChI=1S/C17H22N2O4/c1-10(2)11(3)18-17(21)12-6-16(20)19(8-12)13-4-5-14-15(7-13)23-9-22-14/h4-5,7,10-12H,6,8-9H2,1-3H3,(H,18,21)/t11-,12-/m1/s1. The summed E-state index contributed by atoms with van der Waals surface area (Å²) in [7, 11) is 0. The summed E-state index contributed by atoms with van der Waals surface area (Å²) < 4.78 is 10.6. The van der Waals surface area contributed by atoms with E-state index in [1.54, 1.807) is 17.0 Å². The molecule has 0 bridgehead atoms. The van der Waals surface area contributed by atoms with Gasteiger partial charge in [0, 0.05) is 30.8 Å². The van der Waals surface area contributed by atoms with Gasteiger partial charge in [-0.15, -0.1) is 0 Å². The van der Waals surface area contributed by atoms with Gasteiger partial charge < -0.3 is 19.7 Å². The Morgan fingerprint density at radius 1 is 1.26 bits per heavy atom. The van der Waals surface area contributed by atoms with Crippen LogP contribution in [0.1, 0.15) is 27.2 Å². The van der Waals surface area contributed by atoms with Gasteiger partial charge in [-0.25, -0.2) is 0 Å². The molecule has 1 aromatic carbocycles. The largest absolute Gasteiger partial charge is 0.454 e. The average Bonchev–Trinajstić information content (AvgIpc) is 3.12. The second-order valence-corrected chi connectivity index (χ2v) is 6.48. The van der Waals surface area contributed by atoms with Crippen molar-refractivity contribution in [1.82, 2.24) is 5.32 Å². The van der Waals surface area contributed by atoms with E-state index in [1.165, 1.54) is 0 Å². The number of hydrogen-bond acceptors (Lipinski definition) is 4. The van der Waals surface area contributed by atoms with E-state index in [1.807, 2.05) is 13.0 Å². The molecule has 1 N–H and O–H groups in total. The number of anilines is 1. The summed E-state index contributed by atoms with van der Waals surface area (Å²) in [6, 6.07) is 5.50. The SMILES string of the molecule is CC(C)[C@@H](C)NC(=O)[C@@H]1CC(=O)N(c2ccc3c(c2)OCO3)C1. The second kappa shape index (κ2) is 6.10. The van der Waals surface area contributed by atoms with Crippen LogP contribution in [0.15, 0.2) is 18.2 Å². The molecule has 2 aliphatic heterocycles. The number of hydrogen-bond donors (Lipinski definition) is 1. The van der Waals surface area contributed by atoms with Crippen LogP contribution in [-0.2, 0) is 9.59 Å². The summed E-state index contributed by atoms with van der Waals surface area (Å²) in [6.07, 6.45) is 0.241. The molecular weight excluding hydrogens is 296 g/mol. The number of benzene rings is 1. The van der Waals surface area contributed by atoms with Crippen LogP contribution >= 0.6 is 0 Å². The molecule has 1 fully saturated rings. The molecule has 2 aliphatic rings. The minimum atomic E-state index is -0.311. The zero-order valence-electron chi connectivity index (χ0n) is 13.7. The highest BCUT2D eigenvalue weighted by molar-refractivity contribution is 6.00. The van der Waals surface area contributed by atoms with Crippen molar-refractivity contribution in [2.75, 3.05) is 18.2 Å². The van der Waals surface area contributed by atoms with Crippen molar-refractivity contribution in [3.05, 3.63) is 18.2 Å². The smallest absolute Gasteiger partial charge is 0.231 e. The van der Waals surface area contributed by atoms with E-state index in [2.05, 4.69) is 19.2 Å². The van der Waals surface area contributed by atoms with Gasteiger partial charge >= 0.3 is 0 Å². The Hall–Kier alpha value is -2.24. The lowest BCUT2D eigenvalue weighted by atomic mass is 10.0. The lowest BCUT2D eigenvalue weighted by Crippen LogP contribution is -2.40. The summed E-state index contributed by atoms with van der Waals surface area (Å²) in [5.74, 6) is 1.27. The molecule has 3 rings (SSSR count). The van der Waals surface area contributed by atoms with E-state index in [0.717, 1.165) is 5.69 Å². The molecule has 0 unspecified atom stereocenters. The third-order valence-electron chi connectivity index (χ3n) is 4.53. The Bertz CT molecular complexity index is 629. The monoisotopic (exact) mass is 318 g/mol. The van der Waals surface area contributed by atoms with Crippen molar-refractivity contribution in [2.45, 2.75) is 33.2 Å². The molecule has 0 spiro atoms. The number of carbonyl (C=O) groups excluding carboxylic acids is 2. The Balaban J connectivity index is 1.69. The zero-order valence-corrected chi connectivity index (χ0v) is 13.7. The fourth-order valence-electron chi connectivity index (χ4n) is 2.69. The topological polar surface area (TPSA) is 67.9 Å². The summed E-state index contributed by atoms with van der Waals surface area (Å²) in [6.45, 7) is 6.70. The molecule has 2 amide bonds. The summed E-state index contributed by atoms with van der Waals surface area (Å²) in [5, 5.41) is 2.99. The van der Waals surface area contributed by atoms with Crippen LogP contribution in [-0.4, -0.2) is 31.2 Å². The molecule has 6 nitrogen and oxygen atoms in total. The molecule has 2 atom stereocenters. The van der Waals surface area contributed by atoms with Gasteiger partial charge in [-0.1, -0.05) is 13.8 Å². The predicted molar refractivity (Wildman–Crippen MR) is 85.5 cm³/mol. The van der Waals surface area contributed by atoms with Crippen LogP contribution in [0.4, 0.5) is 5.69 Å². The summed E-state index contributed by atoms with van der Waals surface area (Å²) >= 11 is 0. The van der Waals surface area contributed by atoms with E-state index >= 15 is 0 Å². The van der Waals surface area contributed by atoms with E-state index in [4.69, 9.17) is 9.47 Å². The van der Waals surface area contributed by atoms with Crippen LogP contribution in [0.3, 0.4) is 0 Å². The van der Waals surface area contributed by atoms with Crippen molar-refractivity contribution in [1.29, 1.82) is 0 Å². The lowest BCUT2D eigenvalue weighted by molar-refractivity contribution is -0.127. The van der Waals surface area contributed by atoms with Gasteiger partial charge in [0.05, 0.1) is 5.92 Å². The molecule has 1 aromatic rings. The third-order valence-corrected chi connectivity index (χ3v) is 4.53. The van der Waals surface area contributed by atoms with Gasteiger partial charge in [-0.05, 0) is 25.0 Å². The average molecular weight is 318 g/mol. The Morgan fingerprint density at radius 2 is 2.00 bits per heavy atom. The van der Waals surface area contributed by atoms with Gasteiger partial charge in [0.1, 0.15) is 0 Å². The van der Waals surface area contributed by atoms with Crippen molar-refractivity contribution in [3.8, 4) is 11.5 Å². The summed E-state index contributed by atoms with van der Waals surface area (Å²) in [5.41, 5.74) is 0.742. The Labute approximate surface area is 135 Å². The van der Waals surface area contributed by atoms with Crippen LogP contribution in [0.2, 0.25) is 0 Å². The van der Waals surface area contributed by atoms with Crippen LogP contribution in [0, 0.1) is 11.8 Å². The van der Waals surface area contributed by atoms with Crippen LogP contribution in [0.25, 0.3) is 0 Å². The van der Waals surface area contributed by atoms with Crippen molar-refractivity contribution >= 4 is 17.5 Å². The maximum Gasteiger partial charge on any atom is 0.231 e. The highest BCUT2D eigenvalue weighted by Gasteiger charge is 2.36. The predicted octanol–water partition coefficient (Wildman–Crippen LogP) is 1.93. The van der Waals surface area contributed by atoms with Crippen molar-refractivity contribution in [3.63, 3.8) is 0 Å². The van der Waals surface area contributed by atoms with E-state index in [-0.39, 0.29) is 37.0 Å². The number of ether oxygens (including phenoxy) is 2. The molecule has 0 aliphatic carbocycles. The first-order valence-corrected chi connectivity index (χ1v) is 7.96. The fraction of sp³-hybridized carbons (Fsp3) is 0.529. The first kappa shape index (κ1) is 15.6. The fourth-order valence-corrected chi connectivity index (χ4v) is 2.69. The van der Waals surface area contributed by atoms with Gasteiger partial charge in [0.25, 0.3) is 0 Å². The molecular formula is C17H22N2O4. The molecule has 0 saturated carbocycles. The summed E-state index contributed by atoms with van der Waals surface area (Å²) in [4.78, 5) is 26.3. The third kappa shape index (κ3) is 3.11. The normalized spacial score (nSPS) is 21.0. The molecule has 0 aromatic heterocycles. The van der Waals surface area contributed by atoms with Gasteiger partial charge in [-0.2, -0.15) is 0 Å². The number of carbonyl (C=O) groups is 2. The molecule has 23 heavy (non-hydrogen) atoms. The van der Waals surface area contributed by atoms with E-state index < -0.39 is 0 Å². The molecule has 2 heterocycles. The number of rotatable bonds is 4. The molecule has 0 radical (unpaired) electrons. The first-order valence-electron chi connectivity index (χ1n) is 7.96. The maximum absolute atomic E-state index is 12.3. The molecule has 1 saturated heterocycles. The first-order chi connectivity index (χ1) is 11.0. The van der Waals surface area contributed by atoms with Crippen LogP contribution < -0.4 is 19.7 Å². The van der Waals surface area contributed by atoms with Crippen LogP contribution in [0.5, 0.6) is 11.5 Å². The van der Waals surface area contributed by atoms with E-state index in [0.29, 0.717) is 24.0 Å². The zero-order chi connectivity index (χ0) is 16.6. The van der Waals surface area contributed by atoms with E-state index in [9.17, 15) is 9.59 Å². The quantitative estimate of drug-likeness (QED) is 0.921. The Kier molecular flexibility index (Phi) is 4.15. The number of nitrogens with one attached hydrogen (secondary N) is 1. The number of fused-ring (bicyclic) bond motifs is 1. The maximum atomic E-state index is 12.3. The second-order valence-electron chi connectivity index (χ2n) is 6.48. The van der Waals surface area contributed by atoms with Gasteiger partial charge in [0.15, 0.2) is 11.5 Å². The highest BCUT2D eigenvalue weighted by Crippen LogP contribution is 2.37. The number of amides is 2. The molecule has 6 heteroatoms. The van der Waals surface area contributed by atoms with Crippen molar-refractivity contribution in [2.24, 2.45) is 11.8 Å². The Morgan fingerprint density at radius 3 is 2.74 bits per heavy atom. The van der Waals surface area contributed by atoms with Gasteiger partial charge in [-0.3, -0.25) is 9.59 Å². The lowest BCUT2D eigenvalue weighted by Gasteiger charge is -2.20. The number of nitrogens with zero attached hydrogens (tertiary/aromatic N) is 1.